The van der Waals surface area contributed by atoms with E-state index in [2.05, 4.69) is 6.92 Å². The van der Waals surface area contributed by atoms with Crippen LogP contribution in [0, 0.1) is 5.92 Å². The fourth-order valence-electron chi connectivity index (χ4n) is 4.14. The van der Waals surface area contributed by atoms with Gasteiger partial charge < -0.3 is 24.0 Å². The van der Waals surface area contributed by atoms with Crippen LogP contribution in [-0.2, 0) is 20.1 Å². The summed E-state index contributed by atoms with van der Waals surface area (Å²) in [7, 11) is 4.81. The van der Waals surface area contributed by atoms with Gasteiger partial charge in [0.15, 0.2) is 11.2 Å². The molecule has 0 saturated carbocycles. The Kier molecular flexibility index (Phi) is 5.48. The minimum atomic E-state index is -0.444. The molecule has 2 aromatic heterocycles. The van der Waals surface area contributed by atoms with Crippen LogP contribution in [0.2, 0.25) is 0 Å². The van der Waals surface area contributed by atoms with Gasteiger partial charge in [-0.25, -0.2) is 4.79 Å². The molecule has 0 saturated heterocycles. The van der Waals surface area contributed by atoms with E-state index in [0.29, 0.717) is 48.1 Å². The number of hydrogen-bond acceptors (Lipinski definition) is 7. The zero-order chi connectivity index (χ0) is 22.3. The van der Waals surface area contributed by atoms with Crippen LogP contribution in [0.25, 0.3) is 11.2 Å². The maximum Gasteiger partial charge on any atom is 0.332 e. The molecule has 0 unspecified atom stereocenters. The highest BCUT2D eigenvalue weighted by atomic mass is 16.5. The number of rotatable bonds is 6. The number of benzene rings is 1. The highest BCUT2D eigenvalue weighted by Gasteiger charge is 2.31. The predicted molar refractivity (Wildman–Crippen MR) is 117 cm³/mol. The molecule has 0 spiro atoms. The Morgan fingerprint density at radius 1 is 1.19 bits per heavy atom. The largest absolute Gasteiger partial charge is 0.497 e. The summed E-state index contributed by atoms with van der Waals surface area (Å²) in [6.07, 6.45) is 0.325. The third-order valence-electron chi connectivity index (χ3n) is 5.66. The Hall–Kier alpha value is -3.27. The predicted octanol–water partition coefficient (Wildman–Crippen LogP) is 1.08. The number of ether oxygens (including phenoxy) is 2. The first-order valence-electron chi connectivity index (χ1n) is 10.2. The summed E-state index contributed by atoms with van der Waals surface area (Å²) in [4.78, 5) is 32.7. The highest BCUT2D eigenvalue weighted by Crippen LogP contribution is 2.39. The molecule has 0 amide bonds. The third-order valence-corrected chi connectivity index (χ3v) is 5.66. The van der Waals surface area contributed by atoms with E-state index in [0.717, 1.165) is 5.69 Å². The zero-order valence-corrected chi connectivity index (χ0v) is 18.2. The number of aromatic nitrogens is 4. The molecular weight excluding hydrogens is 402 g/mol. The Morgan fingerprint density at radius 3 is 2.65 bits per heavy atom. The van der Waals surface area contributed by atoms with Gasteiger partial charge in [0.2, 0.25) is 5.95 Å². The molecule has 3 heterocycles. The summed E-state index contributed by atoms with van der Waals surface area (Å²) < 4.78 is 15.4. The van der Waals surface area contributed by atoms with Crippen LogP contribution in [0.15, 0.2) is 27.8 Å². The second-order valence-electron chi connectivity index (χ2n) is 7.82. The molecule has 166 valence electrons. The summed E-state index contributed by atoms with van der Waals surface area (Å²) in [6, 6.07) is 5.53. The van der Waals surface area contributed by atoms with E-state index < -0.39 is 11.2 Å². The molecule has 1 atom stereocenters. The molecule has 10 nitrogen and oxygen atoms in total. The first-order valence-corrected chi connectivity index (χ1v) is 10.2. The minimum Gasteiger partial charge on any atom is -0.497 e. The van der Waals surface area contributed by atoms with Crippen LogP contribution >= 0.6 is 0 Å². The molecule has 10 heteroatoms. The molecule has 0 aliphatic carbocycles. The standard InChI is InChI=1S/C21H27N5O5/c1-13-11-25(15-10-14(30-3)6-7-16(15)31-4)20-22-18-17(26(20)12-13)19(28)24(8-5-9-27)21(29)23(18)2/h6-7,10,13,27H,5,8-9,11-12H2,1-4H3/t13-/m1/s1. The van der Waals surface area contributed by atoms with Crippen LogP contribution in [0.1, 0.15) is 13.3 Å². The van der Waals surface area contributed by atoms with Gasteiger partial charge in [0.05, 0.1) is 19.9 Å². The van der Waals surface area contributed by atoms with Crippen molar-refractivity contribution >= 4 is 22.8 Å². The van der Waals surface area contributed by atoms with E-state index in [1.165, 1.54) is 9.13 Å². The SMILES string of the molecule is COc1ccc(OC)c(N2C[C@@H](C)Cn3c2nc2c3c(=O)n(CCCO)c(=O)n2C)c1. The van der Waals surface area contributed by atoms with Crippen molar-refractivity contribution in [3.05, 3.63) is 39.0 Å². The maximum absolute atomic E-state index is 13.3. The van der Waals surface area contributed by atoms with E-state index in [1.807, 2.05) is 27.7 Å². The van der Waals surface area contributed by atoms with Crippen LogP contribution < -0.4 is 25.6 Å². The summed E-state index contributed by atoms with van der Waals surface area (Å²) in [5, 5.41) is 9.16. The topological polar surface area (TPSA) is 104 Å². The van der Waals surface area contributed by atoms with Crippen LogP contribution in [0.5, 0.6) is 11.5 Å². The van der Waals surface area contributed by atoms with Crippen molar-refractivity contribution in [2.45, 2.75) is 26.4 Å². The van der Waals surface area contributed by atoms with Gasteiger partial charge in [-0.3, -0.25) is 13.9 Å². The van der Waals surface area contributed by atoms with E-state index in [1.54, 1.807) is 21.3 Å². The molecule has 1 aromatic carbocycles. The third kappa shape index (κ3) is 3.36. The van der Waals surface area contributed by atoms with Crippen LogP contribution in [0.4, 0.5) is 11.6 Å². The lowest BCUT2D eigenvalue weighted by molar-refractivity contribution is 0.277. The van der Waals surface area contributed by atoms with Crippen molar-refractivity contribution in [3.63, 3.8) is 0 Å². The fourth-order valence-corrected chi connectivity index (χ4v) is 4.14. The Bertz CT molecular complexity index is 1240. The lowest BCUT2D eigenvalue weighted by Crippen LogP contribution is -2.40. The fraction of sp³-hybridized carbons (Fsp3) is 0.476. The van der Waals surface area contributed by atoms with Gasteiger partial charge in [0, 0.05) is 39.4 Å². The molecule has 1 aliphatic heterocycles. The molecule has 1 aliphatic rings. The van der Waals surface area contributed by atoms with Gasteiger partial charge in [-0.15, -0.1) is 0 Å². The number of fused-ring (bicyclic) bond motifs is 3. The minimum absolute atomic E-state index is 0.0986. The van der Waals surface area contributed by atoms with Crippen LogP contribution in [-0.4, -0.2) is 51.2 Å². The Balaban J connectivity index is 1.99. The monoisotopic (exact) mass is 429 g/mol. The van der Waals surface area contributed by atoms with Gasteiger partial charge in [0.25, 0.3) is 5.56 Å². The van der Waals surface area contributed by atoms with E-state index >= 15 is 0 Å². The van der Waals surface area contributed by atoms with Gasteiger partial charge in [-0.05, 0) is 24.5 Å². The molecule has 4 rings (SSSR count). The molecule has 0 fully saturated rings. The van der Waals surface area contributed by atoms with E-state index in [4.69, 9.17) is 19.6 Å². The van der Waals surface area contributed by atoms with Crippen molar-refractivity contribution in [1.29, 1.82) is 0 Å². The number of imidazole rings is 1. The normalized spacial score (nSPS) is 15.9. The van der Waals surface area contributed by atoms with Crippen LogP contribution in [0.3, 0.4) is 0 Å². The lowest BCUT2D eigenvalue weighted by Gasteiger charge is -2.33. The van der Waals surface area contributed by atoms with Gasteiger partial charge in [0.1, 0.15) is 11.5 Å². The number of hydrogen-bond donors (Lipinski definition) is 1. The second kappa shape index (κ2) is 8.10. The van der Waals surface area contributed by atoms with Gasteiger partial charge in [-0.1, -0.05) is 6.92 Å². The first kappa shape index (κ1) is 21.0. The highest BCUT2D eigenvalue weighted by molar-refractivity contribution is 5.78. The van der Waals surface area contributed by atoms with Crippen molar-refractivity contribution in [2.24, 2.45) is 13.0 Å². The zero-order valence-electron chi connectivity index (χ0n) is 18.2. The number of aliphatic hydroxyl groups excluding tert-OH is 1. The Morgan fingerprint density at radius 2 is 1.97 bits per heavy atom. The molecule has 31 heavy (non-hydrogen) atoms. The maximum atomic E-state index is 13.3. The molecule has 3 aromatic rings. The lowest BCUT2D eigenvalue weighted by atomic mass is 10.1. The molecule has 0 radical (unpaired) electrons. The molecule has 1 N–H and O–H groups in total. The molecule has 0 bridgehead atoms. The quantitative estimate of drug-likeness (QED) is 0.625. The summed E-state index contributed by atoms with van der Waals surface area (Å²) in [5.74, 6) is 2.12. The van der Waals surface area contributed by atoms with Crippen molar-refractivity contribution in [3.8, 4) is 11.5 Å². The average Bonchev–Trinajstić information content (AvgIpc) is 3.16. The van der Waals surface area contributed by atoms with Gasteiger partial charge in [-0.2, -0.15) is 4.98 Å². The van der Waals surface area contributed by atoms with E-state index in [9.17, 15) is 9.59 Å². The second-order valence-corrected chi connectivity index (χ2v) is 7.82. The average molecular weight is 429 g/mol. The number of aliphatic hydroxyl groups is 1. The van der Waals surface area contributed by atoms with Crippen molar-refractivity contribution in [2.75, 3.05) is 32.3 Å². The Labute approximate surface area is 178 Å². The number of methoxy groups -OCH3 is 2. The van der Waals surface area contributed by atoms with Gasteiger partial charge >= 0.3 is 5.69 Å². The van der Waals surface area contributed by atoms with Crippen molar-refractivity contribution < 1.29 is 14.6 Å². The summed E-state index contributed by atoms with van der Waals surface area (Å²) >= 11 is 0. The van der Waals surface area contributed by atoms with E-state index in [-0.39, 0.29) is 19.1 Å². The summed E-state index contributed by atoms with van der Waals surface area (Å²) in [6.45, 7) is 3.42. The first-order chi connectivity index (χ1) is 14.9. The van der Waals surface area contributed by atoms with Crippen molar-refractivity contribution in [1.82, 2.24) is 18.7 Å². The smallest absolute Gasteiger partial charge is 0.332 e. The number of nitrogens with zero attached hydrogens (tertiary/aromatic N) is 5. The molecular formula is C21H27N5O5. The summed E-state index contributed by atoms with van der Waals surface area (Å²) in [5.41, 5.74) is 0.659. The number of anilines is 2. The number of aryl methyl sites for hydroxylation is 1.